The van der Waals surface area contributed by atoms with Gasteiger partial charge in [0.25, 0.3) is 10.0 Å². The van der Waals surface area contributed by atoms with E-state index in [2.05, 4.69) is 4.74 Å². The minimum Gasteiger partial charge on any atom is -0.434 e. The summed E-state index contributed by atoms with van der Waals surface area (Å²) in [7, 11) is -3.84. The van der Waals surface area contributed by atoms with E-state index in [0.29, 0.717) is 22.0 Å². The van der Waals surface area contributed by atoms with Gasteiger partial charge >= 0.3 is 6.61 Å². The highest BCUT2D eigenvalue weighted by Gasteiger charge is 2.23. The summed E-state index contributed by atoms with van der Waals surface area (Å²) < 4.78 is 57.0. The van der Waals surface area contributed by atoms with Crippen LogP contribution in [-0.2, 0) is 15.9 Å². The Morgan fingerprint density at radius 2 is 1.81 bits per heavy atom. The molecular weight excluding hydrogens is 384 g/mol. The van der Waals surface area contributed by atoms with Gasteiger partial charge in [0, 0.05) is 17.1 Å². The molecule has 0 atom stereocenters. The molecule has 0 unspecified atom stereocenters. The number of nitrogens with zero attached hydrogens (tertiary/aromatic N) is 1. The fraction of sp³-hybridized carbons (Fsp3) is 0.222. The fourth-order valence-electron chi connectivity index (χ4n) is 2.89. The van der Waals surface area contributed by atoms with Gasteiger partial charge in [0.15, 0.2) is 0 Å². The van der Waals surface area contributed by atoms with Crippen LogP contribution in [0.15, 0.2) is 47.5 Å². The molecule has 1 heterocycles. The molecule has 0 aliphatic carbocycles. The summed E-state index contributed by atoms with van der Waals surface area (Å²) in [4.78, 5) is 0.139. The molecule has 0 aliphatic heterocycles. The van der Waals surface area contributed by atoms with E-state index >= 15 is 0 Å². The maximum atomic E-state index is 13.0. The second-order valence-electron chi connectivity index (χ2n) is 5.87. The molecule has 0 fully saturated rings. The first kappa shape index (κ1) is 18.7. The lowest BCUT2D eigenvalue weighted by atomic mass is 10.1. The summed E-state index contributed by atoms with van der Waals surface area (Å²) in [6.45, 7) is 0.509. The van der Waals surface area contributed by atoms with Crippen molar-refractivity contribution >= 4 is 32.5 Å². The molecule has 3 rings (SSSR count). The van der Waals surface area contributed by atoms with Gasteiger partial charge in [-0.15, -0.1) is 11.6 Å². The van der Waals surface area contributed by atoms with Crippen LogP contribution in [0.2, 0.25) is 0 Å². The van der Waals surface area contributed by atoms with Gasteiger partial charge in [0.2, 0.25) is 0 Å². The molecule has 138 valence electrons. The topological polar surface area (TPSA) is 48.3 Å². The molecule has 4 nitrogen and oxygen atoms in total. The minimum atomic E-state index is -3.84. The normalized spacial score (nSPS) is 12.1. The van der Waals surface area contributed by atoms with Gasteiger partial charge in [-0.2, -0.15) is 8.78 Å². The van der Waals surface area contributed by atoms with Crippen molar-refractivity contribution < 1.29 is 21.9 Å². The van der Waals surface area contributed by atoms with Gasteiger partial charge in [-0.1, -0.05) is 17.7 Å². The Bertz CT molecular complexity index is 1060. The average Bonchev–Trinajstić information content (AvgIpc) is 3.01. The number of hydrogen-bond acceptors (Lipinski definition) is 3. The van der Waals surface area contributed by atoms with Gasteiger partial charge in [0.1, 0.15) is 5.75 Å². The van der Waals surface area contributed by atoms with Crippen LogP contribution in [0.25, 0.3) is 10.9 Å². The first-order valence-corrected chi connectivity index (χ1v) is 9.69. The van der Waals surface area contributed by atoms with Crippen LogP contribution in [0.3, 0.4) is 0 Å². The molecule has 0 aliphatic rings. The third-order valence-corrected chi connectivity index (χ3v) is 6.08. The van der Waals surface area contributed by atoms with Gasteiger partial charge in [-0.25, -0.2) is 12.4 Å². The lowest BCUT2D eigenvalue weighted by Gasteiger charge is -2.14. The molecule has 0 saturated heterocycles. The standard InChI is InChI=1S/C18H16ClF2NO3S/c1-11-3-5-13(6-4-11)26(23,24)22-8-7-14-15(10-19)16(25-18(20)21)9-12(2)17(14)22/h3-9,18H,10H2,1-2H3. The van der Waals surface area contributed by atoms with Crippen LogP contribution in [0.1, 0.15) is 16.7 Å². The molecule has 3 aromatic rings. The van der Waals surface area contributed by atoms with Crippen LogP contribution in [0.5, 0.6) is 5.75 Å². The highest BCUT2D eigenvalue weighted by Crippen LogP contribution is 2.35. The molecule has 0 amide bonds. The molecule has 0 N–H and O–H groups in total. The number of ether oxygens (including phenoxy) is 1. The fourth-order valence-corrected chi connectivity index (χ4v) is 4.58. The monoisotopic (exact) mass is 399 g/mol. The van der Waals surface area contributed by atoms with Crippen LogP contribution >= 0.6 is 11.6 Å². The van der Waals surface area contributed by atoms with Crippen molar-refractivity contribution in [2.75, 3.05) is 0 Å². The Kier molecular flexibility index (Phi) is 4.94. The molecule has 0 bridgehead atoms. The zero-order chi connectivity index (χ0) is 19.1. The Morgan fingerprint density at radius 3 is 2.38 bits per heavy atom. The molecule has 0 radical (unpaired) electrons. The maximum absolute atomic E-state index is 13.0. The van der Waals surface area contributed by atoms with Crippen molar-refractivity contribution in [3.63, 3.8) is 0 Å². The molecule has 8 heteroatoms. The minimum absolute atomic E-state index is 0.0505. The molecule has 0 saturated carbocycles. The number of aryl methyl sites for hydroxylation is 2. The number of halogens is 3. The summed E-state index contributed by atoms with van der Waals surface area (Å²) in [5.74, 6) is -0.140. The highest BCUT2D eigenvalue weighted by atomic mass is 35.5. The SMILES string of the molecule is Cc1ccc(S(=O)(=O)n2ccc3c(CCl)c(OC(F)F)cc(C)c32)cc1. The highest BCUT2D eigenvalue weighted by molar-refractivity contribution is 7.90. The molecule has 1 aromatic heterocycles. The zero-order valence-corrected chi connectivity index (χ0v) is 15.6. The van der Waals surface area contributed by atoms with Crippen molar-refractivity contribution in [2.24, 2.45) is 0 Å². The summed E-state index contributed by atoms with van der Waals surface area (Å²) in [6.07, 6.45) is 1.40. The van der Waals surface area contributed by atoms with Gasteiger partial charge < -0.3 is 4.74 Å². The average molecular weight is 400 g/mol. The van der Waals surface area contributed by atoms with Crippen molar-refractivity contribution in [1.82, 2.24) is 3.97 Å². The van der Waals surface area contributed by atoms with Gasteiger partial charge in [-0.05, 0) is 43.7 Å². The first-order valence-electron chi connectivity index (χ1n) is 7.72. The quantitative estimate of drug-likeness (QED) is 0.577. The van der Waals surface area contributed by atoms with E-state index in [4.69, 9.17) is 11.6 Å². The van der Waals surface area contributed by atoms with Gasteiger partial charge in [-0.3, -0.25) is 0 Å². The van der Waals surface area contributed by atoms with Crippen molar-refractivity contribution in [3.8, 4) is 5.75 Å². The van der Waals surface area contributed by atoms with Crippen LogP contribution in [-0.4, -0.2) is 19.0 Å². The summed E-state index contributed by atoms with van der Waals surface area (Å²) in [5.41, 5.74) is 2.15. The lowest BCUT2D eigenvalue weighted by molar-refractivity contribution is -0.0502. The predicted molar refractivity (Wildman–Crippen MR) is 96.6 cm³/mol. The largest absolute Gasteiger partial charge is 0.434 e. The molecule has 0 spiro atoms. The predicted octanol–water partition coefficient (Wildman–Crippen LogP) is 4.84. The number of rotatable bonds is 5. The molecule has 2 aromatic carbocycles. The van der Waals surface area contributed by atoms with Crippen molar-refractivity contribution in [3.05, 3.63) is 59.3 Å². The van der Waals surface area contributed by atoms with E-state index in [0.717, 1.165) is 9.54 Å². The maximum Gasteiger partial charge on any atom is 0.387 e. The van der Waals surface area contributed by atoms with E-state index < -0.39 is 16.6 Å². The Morgan fingerprint density at radius 1 is 1.15 bits per heavy atom. The second-order valence-corrected chi connectivity index (χ2v) is 7.96. The van der Waals surface area contributed by atoms with E-state index in [1.807, 2.05) is 6.92 Å². The first-order chi connectivity index (χ1) is 12.3. The van der Waals surface area contributed by atoms with Crippen LogP contribution in [0, 0.1) is 13.8 Å². The van der Waals surface area contributed by atoms with E-state index in [-0.39, 0.29) is 16.5 Å². The Labute approximate surface area is 155 Å². The summed E-state index contributed by atoms with van der Waals surface area (Å²) >= 11 is 5.92. The number of aromatic nitrogens is 1. The lowest BCUT2D eigenvalue weighted by Crippen LogP contribution is -2.13. The van der Waals surface area contributed by atoms with Gasteiger partial charge in [0.05, 0.1) is 16.3 Å². The van der Waals surface area contributed by atoms with Crippen LogP contribution in [0.4, 0.5) is 8.78 Å². The third-order valence-electron chi connectivity index (χ3n) is 4.12. The summed E-state index contributed by atoms with van der Waals surface area (Å²) in [5, 5.41) is 0.464. The Hall–Kier alpha value is -2.12. The number of hydrogen-bond donors (Lipinski definition) is 0. The zero-order valence-electron chi connectivity index (χ0n) is 14.0. The second kappa shape index (κ2) is 6.89. The number of fused-ring (bicyclic) bond motifs is 1. The molecular formula is C18H16ClF2NO3S. The van der Waals surface area contributed by atoms with E-state index in [9.17, 15) is 17.2 Å². The number of benzene rings is 2. The third kappa shape index (κ3) is 3.17. The van der Waals surface area contributed by atoms with E-state index in [1.165, 1.54) is 24.4 Å². The Balaban J connectivity index is 2.24. The van der Waals surface area contributed by atoms with Crippen LogP contribution < -0.4 is 4.74 Å². The summed E-state index contributed by atoms with van der Waals surface area (Å²) in [6, 6.07) is 9.41. The smallest absolute Gasteiger partial charge is 0.387 e. The van der Waals surface area contributed by atoms with Crippen molar-refractivity contribution in [1.29, 1.82) is 0 Å². The molecule has 26 heavy (non-hydrogen) atoms. The van der Waals surface area contributed by atoms with E-state index in [1.54, 1.807) is 25.1 Å². The number of alkyl halides is 3. The van der Waals surface area contributed by atoms with Crippen molar-refractivity contribution in [2.45, 2.75) is 31.2 Å².